The molecule has 184 valence electrons. The van der Waals surface area contributed by atoms with Crippen molar-refractivity contribution in [3.8, 4) is 0 Å². The Kier molecular flexibility index (Phi) is 8.20. The summed E-state index contributed by atoms with van der Waals surface area (Å²) in [6, 6.07) is 7.78. The molecule has 3 aromatic rings. The van der Waals surface area contributed by atoms with Crippen LogP contribution in [0.15, 0.2) is 35.7 Å². The van der Waals surface area contributed by atoms with Gasteiger partial charge in [-0.2, -0.15) is 4.37 Å². The number of amides is 3. The number of anilines is 2. The third kappa shape index (κ3) is 5.84. The lowest BCUT2D eigenvalue weighted by molar-refractivity contribution is -0.143. The molecule has 0 aliphatic rings. The van der Waals surface area contributed by atoms with Crippen molar-refractivity contribution in [3.05, 3.63) is 62.3 Å². The van der Waals surface area contributed by atoms with E-state index in [1.165, 1.54) is 16.2 Å². The molecule has 0 unspecified atom stereocenters. The summed E-state index contributed by atoms with van der Waals surface area (Å²) in [5, 5.41) is 4.34. The van der Waals surface area contributed by atoms with E-state index in [0.717, 1.165) is 22.7 Å². The van der Waals surface area contributed by atoms with E-state index in [1.54, 1.807) is 36.6 Å². The molecular formula is C23H25N5O5S2. The highest BCUT2D eigenvalue weighted by Gasteiger charge is 2.37. The van der Waals surface area contributed by atoms with Gasteiger partial charge < -0.3 is 21.5 Å². The van der Waals surface area contributed by atoms with Gasteiger partial charge in [0, 0.05) is 10.6 Å². The Labute approximate surface area is 210 Å². The maximum Gasteiger partial charge on any atom is 0.325 e. The van der Waals surface area contributed by atoms with Gasteiger partial charge in [0.15, 0.2) is 11.7 Å². The van der Waals surface area contributed by atoms with Crippen LogP contribution in [0.4, 0.5) is 11.4 Å². The lowest BCUT2D eigenvalue weighted by Gasteiger charge is -2.30. The second-order valence-corrected chi connectivity index (χ2v) is 9.35. The molecule has 0 saturated heterocycles. The number of nitrogens with zero attached hydrogens (tertiary/aromatic N) is 2. The average Bonchev–Trinajstić information content (AvgIpc) is 3.44. The van der Waals surface area contributed by atoms with Crippen LogP contribution in [-0.4, -0.2) is 41.2 Å². The zero-order chi connectivity index (χ0) is 25.7. The number of nitrogens with two attached hydrogens (primary N) is 2. The number of hydrogen-bond acceptors (Lipinski definition) is 9. The summed E-state index contributed by atoms with van der Waals surface area (Å²) in [6.45, 7) is 5.20. The van der Waals surface area contributed by atoms with E-state index in [2.05, 4.69) is 9.69 Å². The zero-order valence-corrected chi connectivity index (χ0v) is 21.0. The highest BCUT2D eigenvalue weighted by Crippen LogP contribution is 2.35. The first-order valence-corrected chi connectivity index (χ1v) is 12.2. The minimum Gasteiger partial charge on any atom is -0.465 e. The van der Waals surface area contributed by atoms with Crippen LogP contribution >= 0.6 is 22.9 Å². The smallest absolute Gasteiger partial charge is 0.325 e. The van der Waals surface area contributed by atoms with Gasteiger partial charge in [0.1, 0.15) is 11.4 Å². The number of rotatable bonds is 9. The number of aryl methyl sites for hydroxylation is 2. The topological polar surface area (TPSA) is 158 Å². The van der Waals surface area contributed by atoms with Crippen LogP contribution in [0.2, 0.25) is 0 Å². The number of nitrogen functional groups attached to an aromatic ring is 1. The number of carbonyl (C=O) groups excluding carboxylic acids is 4. The fourth-order valence-corrected chi connectivity index (χ4v) is 5.06. The first-order chi connectivity index (χ1) is 16.6. The van der Waals surface area contributed by atoms with Gasteiger partial charge in [-0.05, 0) is 67.0 Å². The highest BCUT2D eigenvalue weighted by molar-refractivity contribution is 7.10. The summed E-state index contributed by atoms with van der Waals surface area (Å²) in [4.78, 5) is 52.7. The van der Waals surface area contributed by atoms with Crippen LogP contribution in [0.5, 0.6) is 0 Å². The fourth-order valence-electron chi connectivity index (χ4n) is 3.50. The number of primary amides is 1. The Hall–Kier alpha value is -3.77. The predicted octanol–water partition coefficient (Wildman–Crippen LogP) is 2.57. The summed E-state index contributed by atoms with van der Waals surface area (Å²) in [5.74, 6) is -2.70. The van der Waals surface area contributed by atoms with Crippen molar-refractivity contribution in [2.75, 3.05) is 23.8 Å². The lowest BCUT2D eigenvalue weighted by atomic mass is 10.1. The molecule has 1 atom stereocenters. The van der Waals surface area contributed by atoms with E-state index in [9.17, 15) is 19.2 Å². The van der Waals surface area contributed by atoms with E-state index in [4.69, 9.17) is 16.2 Å². The number of carbonyl (C=O) groups is 4. The minimum atomic E-state index is -1.14. The number of thiophene rings is 1. The maximum atomic E-state index is 13.9. The lowest BCUT2D eigenvalue weighted by Crippen LogP contribution is -2.45. The molecule has 10 nitrogen and oxygen atoms in total. The molecule has 0 radical (unpaired) electrons. The van der Waals surface area contributed by atoms with Crippen molar-refractivity contribution in [2.24, 2.45) is 5.73 Å². The molecule has 0 aliphatic carbocycles. The van der Waals surface area contributed by atoms with Crippen molar-refractivity contribution in [2.45, 2.75) is 26.8 Å². The van der Waals surface area contributed by atoms with Crippen molar-refractivity contribution in [1.29, 1.82) is 0 Å². The molecule has 0 saturated carbocycles. The molecule has 0 bridgehead atoms. The van der Waals surface area contributed by atoms with E-state index in [1.807, 2.05) is 19.9 Å². The number of nitrogens with one attached hydrogen (secondary N) is 1. The van der Waals surface area contributed by atoms with Gasteiger partial charge in [-0.25, -0.2) is 0 Å². The van der Waals surface area contributed by atoms with Crippen molar-refractivity contribution in [1.82, 2.24) is 9.69 Å². The fraction of sp³-hybridized carbons (Fsp3) is 0.261. The zero-order valence-electron chi connectivity index (χ0n) is 19.4. The molecule has 0 aliphatic heterocycles. The molecule has 3 rings (SSSR count). The number of benzene rings is 1. The van der Waals surface area contributed by atoms with Crippen LogP contribution in [-0.2, 0) is 14.3 Å². The Balaban J connectivity index is 2.14. The molecule has 2 aromatic heterocycles. The van der Waals surface area contributed by atoms with E-state index < -0.39 is 29.7 Å². The Morgan fingerprint density at radius 1 is 1.17 bits per heavy atom. The number of esters is 1. The summed E-state index contributed by atoms with van der Waals surface area (Å²) in [7, 11) is 0. The molecule has 2 heterocycles. The second-order valence-electron chi connectivity index (χ2n) is 7.60. The molecule has 12 heteroatoms. The van der Waals surface area contributed by atoms with Crippen LogP contribution < -0.4 is 21.7 Å². The minimum absolute atomic E-state index is 0.0299. The second kappa shape index (κ2) is 11.1. The SMILES string of the molecule is CCOC(=O)CNC(=O)[C@@H](c1cccs1)N(C(=O)c1snc(C(N)=O)c1N)c1cc(C)cc(C)c1. The molecule has 1 aromatic carbocycles. The molecular weight excluding hydrogens is 490 g/mol. The van der Waals surface area contributed by atoms with Crippen LogP contribution in [0.1, 0.15) is 49.1 Å². The third-order valence-corrected chi connectivity index (χ3v) is 6.67. The summed E-state index contributed by atoms with van der Waals surface area (Å²) >= 11 is 2.00. The first kappa shape index (κ1) is 25.8. The first-order valence-electron chi connectivity index (χ1n) is 10.6. The number of hydrogen-bond donors (Lipinski definition) is 3. The maximum absolute atomic E-state index is 13.9. The van der Waals surface area contributed by atoms with Gasteiger partial charge in [-0.15, -0.1) is 11.3 Å². The van der Waals surface area contributed by atoms with E-state index in [0.29, 0.717) is 10.6 Å². The van der Waals surface area contributed by atoms with Crippen molar-refractivity contribution in [3.63, 3.8) is 0 Å². The molecule has 0 fully saturated rings. The van der Waals surface area contributed by atoms with Crippen LogP contribution in [0.25, 0.3) is 0 Å². The molecule has 35 heavy (non-hydrogen) atoms. The average molecular weight is 516 g/mol. The van der Waals surface area contributed by atoms with Crippen molar-refractivity contribution < 1.29 is 23.9 Å². The molecule has 0 spiro atoms. The normalized spacial score (nSPS) is 11.5. The van der Waals surface area contributed by atoms with Crippen molar-refractivity contribution >= 4 is 57.9 Å². The highest BCUT2D eigenvalue weighted by atomic mass is 32.1. The number of ether oxygens (including phenoxy) is 1. The van der Waals surface area contributed by atoms with Gasteiger partial charge in [0.2, 0.25) is 5.91 Å². The molecule has 3 amide bonds. The van der Waals surface area contributed by atoms with E-state index in [-0.39, 0.29) is 29.4 Å². The third-order valence-electron chi connectivity index (χ3n) is 4.89. The van der Waals surface area contributed by atoms with Gasteiger partial charge in [0.05, 0.1) is 12.3 Å². The van der Waals surface area contributed by atoms with E-state index >= 15 is 0 Å². The molecule has 5 N–H and O–H groups in total. The summed E-state index contributed by atoms with van der Waals surface area (Å²) < 4.78 is 8.83. The van der Waals surface area contributed by atoms with Gasteiger partial charge in [0.25, 0.3) is 11.8 Å². The van der Waals surface area contributed by atoms with Crippen LogP contribution in [0.3, 0.4) is 0 Å². The number of aromatic nitrogens is 1. The van der Waals surface area contributed by atoms with Crippen LogP contribution in [0, 0.1) is 13.8 Å². The standard InChI is InChI=1S/C23H25N5O5S2/c1-4-33-16(29)11-26-22(31)19(15-6-5-7-34-15)28(14-9-12(2)8-13(3)10-14)23(32)20-17(24)18(21(25)30)27-35-20/h5-10,19H,4,11,24H2,1-3H3,(H2,25,30)(H,26,31)/t19-/m1/s1. The van der Waals surface area contributed by atoms with Gasteiger partial charge in [-0.1, -0.05) is 12.1 Å². The monoisotopic (exact) mass is 515 g/mol. The Bertz CT molecular complexity index is 1230. The summed E-state index contributed by atoms with van der Waals surface area (Å²) in [6.07, 6.45) is 0. The van der Waals surface area contributed by atoms with Gasteiger partial charge >= 0.3 is 5.97 Å². The Morgan fingerprint density at radius 3 is 2.40 bits per heavy atom. The quantitative estimate of drug-likeness (QED) is 0.370. The van der Waals surface area contributed by atoms with Gasteiger partial charge in [-0.3, -0.25) is 24.1 Å². The summed E-state index contributed by atoms with van der Waals surface area (Å²) in [5.41, 5.74) is 13.2. The Morgan fingerprint density at radius 2 is 1.86 bits per heavy atom. The predicted molar refractivity (Wildman–Crippen MR) is 134 cm³/mol. The largest absolute Gasteiger partial charge is 0.465 e.